The molecule has 0 aromatic heterocycles. The molecule has 0 radical (unpaired) electrons. The van der Waals surface area contributed by atoms with Gasteiger partial charge in [0.25, 0.3) is 0 Å². The molecule has 1 aromatic rings. The van der Waals surface area contributed by atoms with Crippen molar-refractivity contribution in [3.8, 4) is 0 Å². The zero-order chi connectivity index (χ0) is 13.5. The van der Waals surface area contributed by atoms with E-state index in [-0.39, 0.29) is 6.42 Å². The molecule has 1 aliphatic heterocycles. The van der Waals surface area contributed by atoms with Crippen LogP contribution in [0.15, 0.2) is 42.5 Å². The molecule has 2 aliphatic rings. The van der Waals surface area contributed by atoms with Crippen molar-refractivity contribution in [3.63, 3.8) is 0 Å². The van der Waals surface area contributed by atoms with Crippen LogP contribution in [0.1, 0.15) is 16.8 Å². The molecule has 0 unspecified atom stereocenters. The van der Waals surface area contributed by atoms with Crippen molar-refractivity contribution in [1.29, 1.82) is 0 Å². The van der Waals surface area contributed by atoms with E-state index in [2.05, 4.69) is 0 Å². The zero-order valence-electron chi connectivity index (χ0n) is 9.98. The van der Waals surface area contributed by atoms with Gasteiger partial charge in [-0.15, -0.1) is 0 Å². The first-order valence-corrected chi connectivity index (χ1v) is 5.97. The monoisotopic (exact) mass is 260 g/mol. The summed E-state index contributed by atoms with van der Waals surface area (Å²) in [6, 6.07) is 8.57. The number of carbonyl (C=O) groups excluding carboxylic acids is 2. The molecule has 1 N–H and O–H groups in total. The maximum atomic E-state index is 11.9. The summed E-state index contributed by atoms with van der Waals surface area (Å²) in [4.78, 5) is 23.3. The Hall–Kier alpha value is -2.14. The highest BCUT2D eigenvalue weighted by Gasteiger charge is 2.52. The van der Waals surface area contributed by atoms with E-state index in [1.807, 2.05) is 0 Å². The lowest BCUT2D eigenvalue weighted by atomic mass is 9.91. The fraction of sp³-hybridized carbons (Fsp3) is 0.286. The third-order valence-corrected chi connectivity index (χ3v) is 3.30. The van der Waals surface area contributed by atoms with Gasteiger partial charge in [-0.05, 0) is 24.3 Å². The Labute approximate surface area is 109 Å². The van der Waals surface area contributed by atoms with Gasteiger partial charge in [-0.1, -0.05) is 18.2 Å². The van der Waals surface area contributed by atoms with Gasteiger partial charge in [0, 0.05) is 6.42 Å². The van der Waals surface area contributed by atoms with Crippen molar-refractivity contribution in [2.24, 2.45) is 0 Å². The van der Waals surface area contributed by atoms with Gasteiger partial charge in [-0.2, -0.15) is 0 Å². The number of benzene rings is 1. The van der Waals surface area contributed by atoms with Crippen LogP contribution in [0.2, 0.25) is 0 Å². The fourth-order valence-electron chi connectivity index (χ4n) is 2.25. The third kappa shape index (κ3) is 2.02. The van der Waals surface area contributed by atoms with Gasteiger partial charge < -0.3 is 14.6 Å². The van der Waals surface area contributed by atoms with Gasteiger partial charge in [-0.3, -0.25) is 0 Å². The molecule has 3 atom stereocenters. The van der Waals surface area contributed by atoms with E-state index in [0.717, 1.165) is 0 Å². The van der Waals surface area contributed by atoms with E-state index in [1.165, 1.54) is 12.2 Å². The molecule has 2 bridgehead atoms. The predicted octanol–water partition coefficient (Wildman–Crippen LogP) is 0.828. The standard InChI is InChI=1S/C14H12O5/c15-12(9-4-2-1-3-5-9)18-10-6-7-14(17)8-11(10)19-13(14)16/h1-7,10-11,17H,8H2/t10-,11-,14+/m1/s1. The van der Waals surface area contributed by atoms with Crippen LogP contribution in [0.3, 0.4) is 0 Å². The molecular weight excluding hydrogens is 248 g/mol. The number of rotatable bonds is 2. The van der Waals surface area contributed by atoms with Gasteiger partial charge in [0.05, 0.1) is 5.56 Å². The van der Waals surface area contributed by atoms with Crippen LogP contribution in [-0.4, -0.2) is 34.9 Å². The molecule has 0 spiro atoms. The van der Waals surface area contributed by atoms with E-state index in [0.29, 0.717) is 5.56 Å². The molecule has 3 rings (SSSR count). The second-order valence-corrected chi connectivity index (χ2v) is 4.67. The number of hydrogen-bond donors (Lipinski definition) is 1. The molecule has 0 saturated carbocycles. The van der Waals surface area contributed by atoms with Crippen LogP contribution in [0.4, 0.5) is 0 Å². The molecule has 5 heteroatoms. The van der Waals surface area contributed by atoms with Crippen LogP contribution in [0.5, 0.6) is 0 Å². The molecule has 1 fully saturated rings. The highest BCUT2D eigenvalue weighted by molar-refractivity contribution is 5.90. The number of hydrogen-bond acceptors (Lipinski definition) is 5. The number of fused-ring (bicyclic) bond motifs is 2. The summed E-state index contributed by atoms with van der Waals surface area (Å²) < 4.78 is 10.3. The van der Waals surface area contributed by atoms with Crippen LogP contribution in [-0.2, 0) is 14.3 Å². The lowest BCUT2D eigenvalue weighted by Crippen LogP contribution is -2.37. The number of carbonyl (C=O) groups is 2. The second kappa shape index (κ2) is 4.20. The number of aliphatic hydroxyl groups is 1. The van der Waals surface area contributed by atoms with Crippen LogP contribution in [0.25, 0.3) is 0 Å². The van der Waals surface area contributed by atoms with Crippen molar-refractivity contribution in [2.75, 3.05) is 0 Å². The summed E-state index contributed by atoms with van der Waals surface area (Å²) in [6.45, 7) is 0. The Kier molecular flexibility index (Phi) is 2.64. The fourth-order valence-corrected chi connectivity index (χ4v) is 2.25. The molecule has 1 aliphatic carbocycles. The summed E-state index contributed by atoms with van der Waals surface area (Å²) >= 11 is 0. The van der Waals surface area contributed by atoms with Gasteiger partial charge in [0.1, 0.15) is 6.10 Å². The van der Waals surface area contributed by atoms with Crippen molar-refractivity contribution >= 4 is 11.9 Å². The Balaban J connectivity index is 1.74. The lowest BCUT2D eigenvalue weighted by Gasteiger charge is -2.23. The van der Waals surface area contributed by atoms with Crippen LogP contribution in [0, 0.1) is 0 Å². The van der Waals surface area contributed by atoms with Crippen molar-refractivity contribution < 1.29 is 24.2 Å². The van der Waals surface area contributed by atoms with Gasteiger partial charge >= 0.3 is 11.9 Å². The van der Waals surface area contributed by atoms with E-state index in [1.54, 1.807) is 30.3 Å². The summed E-state index contributed by atoms with van der Waals surface area (Å²) in [5.41, 5.74) is -1.12. The topological polar surface area (TPSA) is 72.8 Å². The predicted molar refractivity (Wildman–Crippen MR) is 64.2 cm³/mol. The van der Waals surface area contributed by atoms with Gasteiger partial charge in [0.2, 0.25) is 0 Å². The quantitative estimate of drug-likeness (QED) is 0.629. The second-order valence-electron chi connectivity index (χ2n) is 4.67. The normalized spacial score (nSPS) is 31.9. The van der Waals surface area contributed by atoms with Gasteiger partial charge in [-0.25, -0.2) is 9.59 Å². The molecule has 1 heterocycles. The molecule has 1 saturated heterocycles. The van der Waals surface area contributed by atoms with Crippen LogP contribution >= 0.6 is 0 Å². The van der Waals surface area contributed by atoms with Gasteiger partial charge in [0.15, 0.2) is 11.7 Å². The highest BCUT2D eigenvalue weighted by atomic mass is 16.6. The first kappa shape index (κ1) is 11.9. The van der Waals surface area contributed by atoms with Crippen molar-refractivity contribution in [1.82, 2.24) is 0 Å². The summed E-state index contributed by atoms with van der Waals surface area (Å²) in [6.07, 6.45) is 1.69. The van der Waals surface area contributed by atoms with E-state index in [4.69, 9.17) is 9.47 Å². The number of ether oxygens (including phenoxy) is 2. The first-order valence-electron chi connectivity index (χ1n) is 5.97. The molecule has 5 nitrogen and oxygen atoms in total. The molecule has 0 amide bonds. The van der Waals surface area contributed by atoms with E-state index < -0.39 is 29.7 Å². The smallest absolute Gasteiger partial charge is 0.342 e. The Morgan fingerprint density at radius 2 is 2.11 bits per heavy atom. The van der Waals surface area contributed by atoms with Crippen molar-refractivity contribution in [3.05, 3.63) is 48.0 Å². The van der Waals surface area contributed by atoms with Crippen molar-refractivity contribution in [2.45, 2.75) is 24.2 Å². The summed E-state index contributed by atoms with van der Waals surface area (Å²) in [5.74, 6) is -1.17. The average molecular weight is 260 g/mol. The largest absolute Gasteiger partial charge is 0.456 e. The first-order chi connectivity index (χ1) is 9.08. The lowest BCUT2D eigenvalue weighted by molar-refractivity contribution is -0.152. The third-order valence-electron chi connectivity index (χ3n) is 3.30. The Morgan fingerprint density at radius 1 is 1.37 bits per heavy atom. The highest BCUT2D eigenvalue weighted by Crippen LogP contribution is 2.34. The average Bonchev–Trinajstić information content (AvgIpc) is 2.66. The Bertz CT molecular complexity index is 550. The minimum absolute atomic E-state index is 0.120. The van der Waals surface area contributed by atoms with E-state index in [9.17, 15) is 14.7 Å². The molecule has 98 valence electrons. The van der Waals surface area contributed by atoms with E-state index >= 15 is 0 Å². The molecular formula is C14H12O5. The number of esters is 2. The minimum atomic E-state index is -1.56. The zero-order valence-corrected chi connectivity index (χ0v) is 9.98. The Morgan fingerprint density at radius 3 is 2.84 bits per heavy atom. The summed E-state index contributed by atoms with van der Waals surface area (Å²) in [5, 5.41) is 9.86. The maximum absolute atomic E-state index is 11.9. The molecule has 19 heavy (non-hydrogen) atoms. The summed E-state index contributed by atoms with van der Waals surface area (Å²) in [7, 11) is 0. The molecule has 1 aromatic carbocycles. The SMILES string of the molecule is O=C(O[C@@H]1C=C[C@]2(O)C[C@H]1OC2=O)c1ccccc1. The van der Waals surface area contributed by atoms with Crippen LogP contribution < -0.4 is 0 Å². The maximum Gasteiger partial charge on any atom is 0.342 e. The minimum Gasteiger partial charge on any atom is -0.456 e.